The molecule has 2 heterocycles. The average Bonchev–Trinajstić information content (AvgIpc) is 2.62. The van der Waals surface area contributed by atoms with Crippen molar-refractivity contribution in [2.24, 2.45) is 11.8 Å². The monoisotopic (exact) mass is 367 g/mol. The molecule has 1 N–H and O–H groups in total. The van der Waals surface area contributed by atoms with Gasteiger partial charge in [-0.2, -0.15) is 0 Å². The minimum atomic E-state index is -0.818. The number of benzene rings is 1. The van der Waals surface area contributed by atoms with Gasteiger partial charge in [-0.05, 0) is 43.6 Å². The molecule has 0 bridgehead atoms. The number of hydrogen-bond acceptors (Lipinski definition) is 4. The molecule has 0 radical (unpaired) electrons. The van der Waals surface area contributed by atoms with Gasteiger partial charge in [-0.1, -0.05) is 11.6 Å². The van der Waals surface area contributed by atoms with E-state index in [1.165, 1.54) is 17.0 Å². The molecule has 0 atom stereocenters. The van der Waals surface area contributed by atoms with Crippen molar-refractivity contribution in [1.29, 1.82) is 0 Å². The van der Waals surface area contributed by atoms with Crippen molar-refractivity contribution in [3.63, 3.8) is 0 Å². The second-order valence-corrected chi connectivity index (χ2v) is 7.23. The van der Waals surface area contributed by atoms with Gasteiger partial charge in [-0.3, -0.25) is 10.1 Å². The molecule has 0 unspecified atom stereocenters. The normalized spacial score (nSPS) is 19.9. The number of amides is 1. The smallest absolute Gasteiger partial charge is 0.407 e. The van der Waals surface area contributed by atoms with Gasteiger partial charge < -0.3 is 14.9 Å². The molecule has 25 heavy (non-hydrogen) atoms. The first-order chi connectivity index (χ1) is 12.0. The van der Waals surface area contributed by atoms with E-state index in [0.29, 0.717) is 29.9 Å². The van der Waals surface area contributed by atoms with Crippen LogP contribution in [0.3, 0.4) is 0 Å². The van der Waals surface area contributed by atoms with Gasteiger partial charge >= 0.3 is 6.09 Å². The molecular weight excluding hydrogens is 346 g/mol. The molecule has 0 aromatic heterocycles. The highest BCUT2D eigenvalue weighted by Crippen LogP contribution is 2.36. The number of piperidine rings is 2. The van der Waals surface area contributed by atoms with Gasteiger partial charge in [0.1, 0.15) is 0 Å². The number of carboxylic acid groups (broad SMARTS) is 1. The number of nitro benzene ring substituents is 1. The Labute approximate surface area is 151 Å². The fourth-order valence-electron chi connectivity index (χ4n) is 4.04. The summed E-state index contributed by atoms with van der Waals surface area (Å²) in [6.45, 7) is 3.02. The molecule has 0 spiro atoms. The fraction of sp³-hybridized carbons (Fsp3) is 0.588. The number of halogens is 1. The molecule has 7 nitrogen and oxygen atoms in total. The van der Waals surface area contributed by atoms with Crippen LogP contribution in [0.15, 0.2) is 18.2 Å². The van der Waals surface area contributed by atoms with Crippen LogP contribution >= 0.6 is 11.6 Å². The van der Waals surface area contributed by atoms with Crippen molar-refractivity contribution in [2.75, 3.05) is 31.1 Å². The van der Waals surface area contributed by atoms with Crippen molar-refractivity contribution >= 4 is 29.1 Å². The molecule has 2 fully saturated rings. The summed E-state index contributed by atoms with van der Waals surface area (Å²) in [7, 11) is 0. The molecular formula is C17H22ClN3O4. The number of hydrogen-bond donors (Lipinski definition) is 1. The number of nitro groups is 1. The van der Waals surface area contributed by atoms with E-state index in [1.54, 1.807) is 6.07 Å². The lowest BCUT2D eigenvalue weighted by Crippen LogP contribution is -2.42. The Morgan fingerprint density at radius 3 is 2.16 bits per heavy atom. The molecule has 2 aliphatic heterocycles. The van der Waals surface area contributed by atoms with E-state index < -0.39 is 11.0 Å². The number of anilines is 1. The molecule has 2 saturated heterocycles. The molecule has 1 aromatic rings. The van der Waals surface area contributed by atoms with Crippen LogP contribution in [-0.4, -0.2) is 47.2 Å². The Balaban J connectivity index is 1.56. The van der Waals surface area contributed by atoms with Crippen LogP contribution < -0.4 is 4.90 Å². The fourth-order valence-corrected chi connectivity index (χ4v) is 4.33. The van der Waals surface area contributed by atoms with E-state index in [9.17, 15) is 14.9 Å². The topological polar surface area (TPSA) is 86.9 Å². The van der Waals surface area contributed by atoms with Gasteiger partial charge in [0.25, 0.3) is 5.69 Å². The molecule has 3 rings (SSSR count). The summed E-state index contributed by atoms with van der Waals surface area (Å²) in [6, 6.07) is 4.63. The highest BCUT2D eigenvalue weighted by Gasteiger charge is 2.31. The SMILES string of the molecule is O=C(O)N1CCC(C2CCN(c3ccc([N+](=O)[O-])cc3Cl)CC2)CC1. The third kappa shape index (κ3) is 3.98. The zero-order chi connectivity index (χ0) is 18.0. The molecule has 1 amide bonds. The van der Waals surface area contributed by atoms with E-state index in [1.807, 2.05) is 0 Å². The Bertz CT molecular complexity index is 653. The van der Waals surface area contributed by atoms with Crippen LogP contribution in [0.5, 0.6) is 0 Å². The highest BCUT2D eigenvalue weighted by atomic mass is 35.5. The zero-order valence-electron chi connectivity index (χ0n) is 13.9. The maximum Gasteiger partial charge on any atom is 0.407 e. The van der Waals surface area contributed by atoms with Gasteiger partial charge in [0.2, 0.25) is 0 Å². The summed E-state index contributed by atoms with van der Waals surface area (Å²) in [5.74, 6) is 1.20. The van der Waals surface area contributed by atoms with Gasteiger partial charge in [-0.15, -0.1) is 0 Å². The number of non-ortho nitro benzene ring substituents is 1. The molecule has 0 saturated carbocycles. The van der Waals surface area contributed by atoms with Crippen molar-refractivity contribution in [1.82, 2.24) is 4.90 Å². The van der Waals surface area contributed by atoms with Crippen molar-refractivity contribution < 1.29 is 14.8 Å². The summed E-state index contributed by atoms with van der Waals surface area (Å²) < 4.78 is 0. The summed E-state index contributed by atoms with van der Waals surface area (Å²) in [5, 5.41) is 20.3. The lowest BCUT2D eigenvalue weighted by molar-refractivity contribution is -0.384. The third-order valence-electron chi connectivity index (χ3n) is 5.50. The molecule has 1 aromatic carbocycles. The maximum absolute atomic E-state index is 11.0. The predicted octanol–water partition coefficient (Wildman–Crippen LogP) is 3.85. The molecule has 8 heteroatoms. The minimum Gasteiger partial charge on any atom is -0.465 e. The van der Waals surface area contributed by atoms with Gasteiger partial charge in [0, 0.05) is 38.3 Å². The lowest BCUT2D eigenvalue weighted by atomic mass is 9.79. The number of likely N-dealkylation sites (tertiary alicyclic amines) is 1. The van der Waals surface area contributed by atoms with E-state index in [-0.39, 0.29) is 5.69 Å². The van der Waals surface area contributed by atoms with E-state index in [0.717, 1.165) is 44.5 Å². The van der Waals surface area contributed by atoms with Crippen LogP contribution in [0.25, 0.3) is 0 Å². The molecule has 136 valence electrons. The van der Waals surface area contributed by atoms with E-state index in [2.05, 4.69) is 4.90 Å². The Hall–Kier alpha value is -2.02. The van der Waals surface area contributed by atoms with Crippen LogP contribution in [-0.2, 0) is 0 Å². The van der Waals surface area contributed by atoms with Gasteiger partial charge in [0.05, 0.1) is 15.6 Å². The second-order valence-electron chi connectivity index (χ2n) is 6.82. The van der Waals surface area contributed by atoms with Crippen molar-refractivity contribution in [2.45, 2.75) is 25.7 Å². The standard InChI is InChI=1S/C17H22ClN3O4/c18-15-11-14(21(24)25)1-2-16(15)19-7-3-12(4-8-19)13-5-9-20(10-6-13)17(22)23/h1-2,11-13H,3-10H2,(H,22,23). The zero-order valence-corrected chi connectivity index (χ0v) is 14.7. The Morgan fingerprint density at radius 2 is 1.68 bits per heavy atom. The second kappa shape index (κ2) is 7.47. The molecule has 0 aliphatic carbocycles. The first kappa shape index (κ1) is 17.8. The highest BCUT2D eigenvalue weighted by molar-refractivity contribution is 6.33. The number of nitrogens with zero attached hydrogens (tertiary/aromatic N) is 3. The largest absolute Gasteiger partial charge is 0.465 e. The van der Waals surface area contributed by atoms with E-state index >= 15 is 0 Å². The Kier molecular flexibility index (Phi) is 5.32. The van der Waals surface area contributed by atoms with E-state index in [4.69, 9.17) is 16.7 Å². The third-order valence-corrected chi connectivity index (χ3v) is 5.80. The first-order valence-electron chi connectivity index (χ1n) is 8.62. The number of rotatable bonds is 3. The van der Waals surface area contributed by atoms with Crippen molar-refractivity contribution in [3.05, 3.63) is 33.3 Å². The van der Waals surface area contributed by atoms with Crippen LogP contribution in [0, 0.1) is 22.0 Å². The van der Waals surface area contributed by atoms with Gasteiger partial charge in [0.15, 0.2) is 0 Å². The minimum absolute atomic E-state index is 0.00817. The summed E-state index contributed by atoms with van der Waals surface area (Å²) in [6.07, 6.45) is 3.15. The van der Waals surface area contributed by atoms with Crippen LogP contribution in [0.1, 0.15) is 25.7 Å². The summed E-state index contributed by atoms with van der Waals surface area (Å²) in [5.41, 5.74) is 0.861. The van der Waals surface area contributed by atoms with Crippen LogP contribution in [0.4, 0.5) is 16.2 Å². The lowest BCUT2D eigenvalue weighted by Gasteiger charge is -2.40. The summed E-state index contributed by atoms with van der Waals surface area (Å²) in [4.78, 5) is 25.1. The first-order valence-corrected chi connectivity index (χ1v) is 9.00. The quantitative estimate of drug-likeness (QED) is 0.647. The van der Waals surface area contributed by atoms with Gasteiger partial charge in [-0.25, -0.2) is 4.79 Å². The average molecular weight is 368 g/mol. The summed E-state index contributed by atoms with van der Waals surface area (Å²) >= 11 is 6.23. The maximum atomic E-state index is 11.0. The van der Waals surface area contributed by atoms with Crippen molar-refractivity contribution in [3.8, 4) is 0 Å². The molecule has 2 aliphatic rings. The number of carbonyl (C=O) groups is 1. The van der Waals surface area contributed by atoms with Crippen LogP contribution in [0.2, 0.25) is 5.02 Å². The Morgan fingerprint density at radius 1 is 1.12 bits per heavy atom. The predicted molar refractivity (Wildman–Crippen MR) is 95.4 cm³/mol.